The molecule has 1 heterocycles. The average Bonchev–Trinajstić information content (AvgIpc) is 1.50. The third kappa shape index (κ3) is 2.59. The summed E-state index contributed by atoms with van der Waals surface area (Å²) >= 11 is 0. The summed E-state index contributed by atoms with van der Waals surface area (Å²) in [5, 5.41) is 2.91. The number of ketones is 1. The molecular formula is C6H11NO3S. The van der Waals surface area contributed by atoms with Gasteiger partial charge in [-0.1, -0.05) is 0 Å². The second-order valence-corrected chi connectivity index (χ2v) is 5.03. The minimum absolute atomic E-state index is 0.0651. The van der Waals surface area contributed by atoms with Crippen LogP contribution in [0.4, 0.5) is 0 Å². The molecule has 0 spiro atoms. The Labute approximate surface area is 65.9 Å². The molecule has 1 saturated heterocycles. The molecular weight excluding hydrogens is 166 g/mol. The smallest absolute Gasteiger partial charge is 0.154 e. The van der Waals surface area contributed by atoms with Crippen molar-refractivity contribution in [3.8, 4) is 0 Å². The van der Waals surface area contributed by atoms with Crippen LogP contribution in [0.25, 0.3) is 0 Å². The van der Waals surface area contributed by atoms with Crippen molar-refractivity contribution in [1.29, 1.82) is 0 Å². The van der Waals surface area contributed by atoms with Crippen LogP contribution < -0.4 is 5.32 Å². The molecule has 64 valence electrons. The summed E-state index contributed by atoms with van der Waals surface area (Å²) < 4.78 is 21.3. The highest BCUT2D eigenvalue weighted by molar-refractivity contribution is 7.91. The van der Waals surface area contributed by atoms with Crippen LogP contribution in [0.3, 0.4) is 0 Å². The Morgan fingerprint density at radius 1 is 1.55 bits per heavy atom. The predicted molar refractivity (Wildman–Crippen MR) is 41.1 cm³/mol. The zero-order valence-corrected chi connectivity index (χ0v) is 7.15. The van der Waals surface area contributed by atoms with E-state index in [2.05, 4.69) is 5.32 Å². The van der Waals surface area contributed by atoms with Gasteiger partial charge in [0.15, 0.2) is 15.6 Å². The van der Waals surface area contributed by atoms with Gasteiger partial charge in [0.05, 0.1) is 0 Å². The summed E-state index contributed by atoms with van der Waals surface area (Å²) in [6, 6.07) is 0. The Hall–Kier alpha value is -0.420. The molecule has 0 unspecified atom stereocenters. The van der Waals surface area contributed by atoms with Crippen molar-refractivity contribution in [3.05, 3.63) is 0 Å². The summed E-state index contributed by atoms with van der Waals surface area (Å²) in [4.78, 5) is 11.0. The molecule has 1 aliphatic heterocycles. The molecule has 11 heavy (non-hydrogen) atoms. The summed E-state index contributed by atoms with van der Waals surface area (Å²) in [5.41, 5.74) is 0. The standard InChI is InChI=1S/C6H11NO3S/c1-11(9,10)4-6(8)5-2-7-3-5/h5,7H,2-4H2,1H3. The molecule has 0 radical (unpaired) electrons. The maximum Gasteiger partial charge on any atom is 0.154 e. The van der Waals surface area contributed by atoms with Crippen LogP contribution in [0.2, 0.25) is 0 Å². The zero-order valence-electron chi connectivity index (χ0n) is 6.33. The first-order valence-electron chi connectivity index (χ1n) is 3.40. The van der Waals surface area contributed by atoms with E-state index in [1.807, 2.05) is 0 Å². The van der Waals surface area contributed by atoms with E-state index in [9.17, 15) is 13.2 Å². The molecule has 1 fully saturated rings. The zero-order chi connectivity index (χ0) is 8.48. The minimum Gasteiger partial charge on any atom is -0.315 e. The normalized spacial score (nSPS) is 19.4. The van der Waals surface area contributed by atoms with Gasteiger partial charge in [-0.2, -0.15) is 0 Å². The number of sulfone groups is 1. The molecule has 5 heteroatoms. The molecule has 0 aliphatic carbocycles. The molecule has 1 aliphatic rings. The first-order chi connectivity index (χ1) is 4.99. The van der Waals surface area contributed by atoms with Gasteiger partial charge in [-0.05, 0) is 0 Å². The molecule has 0 aromatic heterocycles. The average molecular weight is 177 g/mol. The van der Waals surface area contributed by atoms with Crippen molar-refractivity contribution in [1.82, 2.24) is 5.32 Å². The number of nitrogens with one attached hydrogen (secondary N) is 1. The number of Topliss-reactive ketones (excluding diaryl/α,β-unsaturated/α-hetero) is 1. The predicted octanol–water partition coefficient (Wildman–Crippen LogP) is -1.18. The minimum atomic E-state index is -3.12. The van der Waals surface area contributed by atoms with E-state index in [1.165, 1.54) is 0 Å². The molecule has 1 rings (SSSR count). The fourth-order valence-corrected chi connectivity index (χ4v) is 1.65. The van der Waals surface area contributed by atoms with Gasteiger partial charge < -0.3 is 5.32 Å². The molecule has 0 atom stereocenters. The Kier molecular flexibility index (Phi) is 2.29. The number of rotatable bonds is 3. The van der Waals surface area contributed by atoms with Gasteiger partial charge in [-0.3, -0.25) is 4.79 Å². The monoisotopic (exact) mass is 177 g/mol. The van der Waals surface area contributed by atoms with E-state index in [-0.39, 0.29) is 17.5 Å². The summed E-state index contributed by atoms with van der Waals surface area (Å²) in [5.74, 6) is -0.532. The molecule has 0 bridgehead atoms. The van der Waals surface area contributed by atoms with Crippen molar-refractivity contribution >= 4 is 15.6 Å². The number of carbonyl (C=O) groups is 1. The highest BCUT2D eigenvalue weighted by Gasteiger charge is 2.26. The van der Waals surface area contributed by atoms with Gasteiger partial charge >= 0.3 is 0 Å². The van der Waals surface area contributed by atoms with E-state index in [1.54, 1.807) is 0 Å². The van der Waals surface area contributed by atoms with Gasteiger partial charge in [0, 0.05) is 25.3 Å². The van der Waals surface area contributed by atoms with E-state index < -0.39 is 9.84 Å². The first-order valence-corrected chi connectivity index (χ1v) is 5.46. The van der Waals surface area contributed by atoms with Crippen LogP contribution >= 0.6 is 0 Å². The number of hydrogen-bond donors (Lipinski definition) is 1. The van der Waals surface area contributed by atoms with Gasteiger partial charge in [-0.25, -0.2) is 8.42 Å². The van der Waals surface area contributed by atoms with E-state index in [4.69, 9.17) is 0 Å². The maximum atomic E-state index is 11.0. The van der Waals surface area contributed by atoms with Gasteiger partial charge in [0.1, 0.15) is 5.75 Å². The molecule has 4 nitrogen and oxygen atoms in total. The Morgan fingerprint density at radius 3 is 2.36 bits per heavy atom. The first kappa shape index (κ1) is 8.67. The van der Waals surface area contributed by atoms with Crippen molar-refractivity contribution in [2.45, 2.75) is 0 Å². The fraction of sp³-hybridized carbons (Fsp3) is 0.833. The molecule has 0 aromatic carbocycles. The molecule has 0 amide bonds. The third-order valence-electron chi connectivity index (χ3n) is 1.64. The van der Waals surface area contributed by atoms with E-state index in [0.717, 1.165) is 6.26 Å². The van der Waals surface area contributed by atoms with Crippen molar-refractivity contribution in [3.63, 3.8) is 0 Å². The number of carbonyl (C=O) groups excluding carboxylic acids is 1. The lowest BCUT2D eigenvalue weighted by Gasteiger charge is -2.25. The second kappa shape index (κ2) is 2.91. The third-order valence-corrected chi connectivity index (χ3v) is 2.45. The van der Waals surface area contributed by atoms with Crippen molar-refractivity contribution in [2.75, 3.05) is 25.1 Å². The summed E-state index contributed by atoms with van der Waals surface area (Å²) in [6.07, 6.45) is 1.08. The lowest BCUT2D eigenvalue weighted by Crippen LogP contribution is -2.48. The van der Waals surface area contributed by atoms with Crippen LogP contribution in [0.15, 0.2) is 0 Å². The SMILES string of the molecule is CS(=O)(=O)CC(=O)C1CNC1. The highest BCUT2D eigenvalue weighted by Crippen LogP contribution is 2.05. The van der Waals surface area contributed by atoms with Crippen LogP contribution in [-0.4, -0.2) is 39.3 Å². The Balaban J connectivity index is 2.43. The fourth-order valence-electron chi connectivity index (χ4n) is 0.893. The second-order valence-electron chi connectivity index (χ2n) is 2.89. The van der Waals surface area contributed by atoms with Crippen LogP contribution in [0.5, 0.6) is 0 Å². The summed E-state index contributed by atoms with van der Waals surface area (Å²) in [6.45, 7) is 1.27. The highest BCUT2D eigenvalue weighted by atomic mass is 32.2. The largest absolute Gasteiger partial charge is 0.315 e. The molecule has 1 N–H and O–H groups in total. The van der Waals surface area contributed by atoms with E-state index in [0.29, 0.717) is 13.1 Å². The van der Waals surface area contributed by atoms with E-state index >= 15 is 0 Å². The van der Waals surface area contributed by atoms with Crippen LogP contribution in [0.1, 0.15) is 0 Å². The van der Waals surface area contributed by atoms with Crippen LogP contribution in [-0.2, 0) is 14.6 Å². The summed E-state index contributed by atoms with van der Waals surface area (Å²) in [7, 11) is -3.12. The molecule has 0 saturated carbocycles. The van der Waals surface area contributed by atoms with Gasteiger partial charge in [0.25, 0.3) is 0 Å². The molecule has 0 aromatic rings. The topological polar surface area (TPSA) is 63.2 Å². The maximum absolute atomic E-state index is 11.0. The quantitative estimate of drug-likeness (QED) is 0.589. The lowest BCUT2D eigenvalue weighted by molar-refractivity contribution is -0.121. The number of hydrogen-bond acceptors (Lipinski definition) is 4. The van der Waals surface area contributed by atoms with Crippen molar-refractivity contribution < 1.29 is 13.2 Å². The lowest BCUT2D eigenvalue weighted by atomic mass is 9.99. The van der Waals surface area contributed by atoms with Crippen LogP contribution in [0, 0.1) is 5.92 Å². The van der Waals surface area contributed by atoms with Gasteiger partial charge in [0.2, 0.25) is 0 Å². The Bertz CT molecular complexity index is 253. The van der Waals surface area contributed by atoms with Crippen molar-refractivity contribution in [2.24, 2.45) is 5.92 Å². The Morgan fingerprint density at radius 2 is 2.09 bits per heavy atom. The van der Waals surface area contributed by atoms with Gasteiger partial charge in [-0.15, -0.1) is 0 Å².